The van der Waals surface area contributed by atoms with E-state index in [0.717, 1.165) is 23.8 Å². The molecule has 1 aliphatic rings. The number of amides is 1. The lowest BCUT2D eigenvalue weighted by Crippen LogP contribution is -2.38. The van der Waals surface area contributed by atoms with Gasteiger partial charge in [-0.15, -0.1) is 0 Å². The van der Waals surface area contributed by atoms with Crippen LogP contribution in [0.3, 0.4) is 0 Å². The van der Waals surface area contributed by atoms with E-state index in [2.05, 4.69) is 30.6 Å². The lowest BCUT2D eigenvalue weighted by Gasteiger charge is -2.31. The zero-order valence-electron chi connectivity index (χ0n) is 20.5. The summed E-state index contributed by atoms with van der Waals surface area (Å²) in [6.45, 7) is 0.667. The third-order valence-electron chi connectivity index (χ3n) is 6.52. The highest BCUT2D eigenvalue weighted by Crippen LogP contribution is 2.29. The van der Waals surface area contributed by atoms with Crippen molar-refractivity contribution in [3.05, 3.63) is 106 Å². The van der Waals surface area contributed by atoms with Gasteiger partial charge < -0.3 is 4.90 Å². The van der Waals surface area contributed by atoms with Crippen molar-refractivity contribution in [3.63, 3.8) is 0 Å². The number of anilines is 1. The summed E-state index contributed by atoms with van der Waals surface area (Å²) in [6, 6.07) is 17.6. The predicted octanol–water partition coefficient (Wildman–Crippen LogP) is 6.00. The number of carbonyl (C=O) groups excluding carboxylic acids is 1. The Hall–Kier alpha value is -3.70. The molecular formula is C28H23BrF2N4O3S. The van der Waals surface area contributed by atoms with Crippen LogP contribution in [0.15, 0.2) is 88.4 Å². The van der Waals surface area contributed by atoms with Crippen LogP contribution in [0.25, 0.3) is 11.3 Å². The van der Waals surface area contributed by atoms with Gasteiger partial charge in [-0.05, 0) is 79.6 Å². The first-order valence-corrected chi connectivity index (χ1v) is 14.4. The summed E-state index contributed by atoms with van der Waals surface area (Å²) >= 11 is 3.29. The Kier molecular flexibility index (Phi) is 7.72. The summed E-state index contributed by atoms with van der Waals surface area (Å²) in [4.78, 5) is 23.6. The topological polar surface area (TPSA) is 92.3 Å². The number of nitrogens with one attached hydrogen (secondary N) is 1. The van der Waals surface area contributed by atoms with Gasteiger partial charge >= 0.3 is 0 Å². The molecule has 1 N–H and O–H groups in total. The molecule has 7 nitrogen and oxygen atoms in total. The average Bonchev–Trinajstić information content (AvgIpc) is 2.93. The van der Waals surface area contributed by atoms with E-state index in [1.807, 2.05) is 0 Å². The van der Waals surface area contributed by atoms with Crippen LogP contribution in [0.1, 0.15) is 34.9 Å². The van der Waals surface area contributed by atoms with Crippen molar-refractivity contribution in [2.24, 2.45) is 0 Å². The first-order valence-electron chi connectivity index (χ1n) is 12.2. The summed E-state index contributed by atoms with van der Waals surface area (Å²) in [5.74, 6) is -1.09. The Balaban J connectivity index is 1.28. The van der Waals surface area contributed by atoms with E-state index in [4.69, 9.17) is 0 Å². The molecule has 39 heavy (non-hydrogen) atoms. The number of piperidine rings is 1. The van der Waals surface area contributed by atoms with Crippen LogP contribution in [0.4, 0.5) is 14.5 Å². The molecule has 0 spiro atoms. The minimum atomic E-state index is -4.05. The number of hydrogen-bond donors (Lipinski definition) is 1. The van der Waals surface area contributed by atoms with Gasteiger partial charge in [-0.2, -0.15) is 0 Å². The molecule has 3 aromatic carbocycles. The van der Waals surface area contributed by atoms with E-state index in [1.165, 1.54) is 17.0 Å². The maximum Gasteiger partial charge on any atom is 0.261 e. The summed E-state index contributed by atoms with van der Waals surface area (Å²) in [7, 11) is -4.05. The molecule has 0 saturated carbocycles. The number of halogens is 3. The molecular weight excluding hydrogens is 590 g/mol. The van der Waals surface area contributed by atoms with Gasteiger partial charge in [-0.1, -0.05) is 22.0 Å². The van der Waals surface area contributed by atoms with Gasteiger partial charge in [-0.3, -0.25) is 9.52 Å². The van der Waals surface area contributed by atoms with Crippen molar-refractivity contribution < 1.29 is 22.0 Å². The highest BCUT2D eigenvalue weighted by Gasteiger charge is 2.29. The van der Waals surface area contributed by atoms with E-state index in [9.17, 15) is 22.0 Å². The second-order valence-electron chi connectivity index (χ2n) is 9.13. The van der Waals surface area contributed by atoms with E-state index < -0.39 is 21.7 Å². The lowest BCUT2D eigenvalue weighted by atomic mass is 9.95. The number of carbonyl (C=O) groups is 1. The van der Waals surface area contributed by atoms with Gasteiger partial charge in [0.1, 0.15) is 17.5 Å². The fourth-order valence-electron chi connectivity index (χ4n) is 4.46. The molecule has 4 aromatic rings. The zero-order valence-corrected chi connectivity index (χ0v) is 22.9. The van der Waals surface area contributed by atoms with Crippen LogP contribution in [0.5, 0.6) is 0 Å². The molecule has 0 radical (unpaired) electrons. The molecule has 0 bridgehead atoms. The summed E-state index contributed by atoms with van der Waals surface area (Å²) < 4.78 is 56.9. The van der Waals surface area contributed by atoms with E-state index in [-0.39, 0.29) is 22.2 Å². The SMILES string of the molecule is O=C(c1cc(S(=O)(=O)Nc2cccc(Br)c2)ccc1F)N1CCC(c2nccc(-c3ccc(F)cc3)n2)CC1. The smallest absolute Gasteiger partial charge is 0.261 e. The number of benzene rings is 3. The Labute approximate surface area is 233 Å². The Morgan fingerprint density at radius 2 is 1.72 bits per heavy atom. The van der Waals surface area contributed by atoms with Crippen LogP contribution >= 0.6 is 15.9 Å². The maximum atomic E-state index is 14.7. The summed E-state index contributed by atoms with van der Waals surface area (Å²) in [6.07, 6.45) is 2.77. The van der Waals surface area contributed by atoms with Crippen molar-refractivity contribution in [2.45, 2.75) is 23.7 Å². The number of nitrogens with zero attached hydrogens (tertiary/aromatic N) is 3. The summed E-state index contributed by atoms with van der Waals surface area (Å²) in [5, 5.41) is 0. The Morgan fingerprint density at radius 3 is 2.44 bits per heavy atom. The maximum absolute atomic E-state index is 14.7. The molecule has 1 fully saturated rings. The first-order chi connectivity index (χ1) is 18.7. The van der Waals surface area contributed by atoms with Crippen LogP contribution in [0, 0.1) is 11.6 Å². The number of sulfonamides is 1. The monoisotopic (exact) mass is 612 g/mol. The highest BCUT2D eigenvalue weighted by atomic mass is 79.9. The van der Waals surface area contributed by atoms with Crippen molar-refractivity contribution in [1.82, 2.24) is 14.9 Å². The number of rotatable bonds is 6. The molecule has 0 aliphatic carbocycles. The molecule has 1 saturated heterocycles. The van der Waals surface area contributed by atoms with Crippen molar-refractivity contribution in [2.75, 3.05) is 17.8 Å². The Bertz CT molecular complexity index is 1630. The molecule has 0 atom stereocenters. The second-order valence-corrected chi connectivity index (χ2v) is 11.7. The zero-order chi connectivity index (χ0) is 27.6. The Morgan fingerprint density at radius 1 is 0.974 bits per heavy atom. The van der Waals surface area contributed by atoms with Gasteiger partial charge in [0.15, 0.2) is 0 Å². The van der Waals surface area contributed by atoms with Gasteiger partial charge in [-0.25, -0.2) is 27.2 Å². The van der Waals surface area contributed by atoms with Gasteiger partial charge in [0.05, 0.1) is 16.2 Å². The highest BCUT2D eigenvalue weighted by molar-refractivity contribution is 9.10. The standard InChI is InChI=1S/C28H23BrF2N4O3S/c29-20-2-1-3-22(16-20)34-39(37,38)23-8-9-25(31)24(17-23)28(36)35-14-11-19(12-15-35)27-32-13-10-26(33-27)18-4-6-21(30)7-5-18/h1-10,13,16-17,19,34H,11-12,14-15H2. The van der Waals surface area contributed by atoms with Gasteiger partial charge in [0.25, 0.3) is 15.9 Å². The lowest BCUT2D eigenvalue weighted by molar-refractivity contribution is 0.0706. The quantitative estimate of drug-likeness (QED) is 0.288. The molecule has 2 heterocycles. The molecule has 0 unspecified atom stereocenters. The van der Waals surface area contributed by atoms with Crippen molar-refractivity contribution in [3.8, 4) is 11.3 Å². The van der Waals surface area contributed by atoms with Crippen LogP contribution < -0.4 is 4.72 Å². The van der Waals surface area contributed by atoms with E-state index in [0.29, 0.717) is 47.6 Å². The fraction of sp³-hybridized carbons (Fsp3) is 0.179. The van der Waals surface area contributed by atoms with Crippen LogP contribution in [-0.4, -0.2) is 42.3 Å². The molecule has 1 aliphatic heterocycles. The average molecular weight is 613 g/mol. The van der Waals surface area contributed by atoms with Crippen molar-refractivity contribution in [1.29, 1.82) is 0 Å². The van der Waals surface area contributed by atoms with Crippen LogP contribution in [-0.2, 0) is 10.0 Å². The predicted molar refractivity (Wildman–Crippen MR) is 147 cm³/mol. The normalized spacial score (nSPS) is 14.3. The second kappa shape index (κ2) is 11.2. The molecule has 200 valence electrons. The van der Waals surface area contributed by atoms with E-state index in [1.54, 1.807) is 48.7 Å². The van der Waals surface area contributed by atoms with Crippen LogP contribution in [0.2, 0.25) is 0 Å². The van der Waals surface area contributed by atoms with E-state index >= 15 is 0 Å². The fourth-order valence-corrected chi connectivity index (χ4v) is 5.94. The molecule has 5 rings (SSSR count). The molecule has 1 amide bonds. The third-order valence-corrected chi connectivity index (χ3v) is 8.39. The molecule has 11 heteroatoms. The largest absolute Gasteiger partial charge is 0.339 e. The number of hydrogen-bond acceptors (Lipinski definition) is 5. The minimum Gasteiger partial charge on any atom is -0.339 e. The van der Waals surface area contributed by atoms with Crippen molar-refractivity contribution >= 4 is 37.5 Å². The molecule has 1 aromatic heterocycles. The third kappa shape index (κ3) is 6.15. The summed E-state index contributed by atoms with van der Waals surface area (Å²) in [5.41, 5.74) is 1.47. The van der Waals surface area contributed by atoms with Gasteiger partial charge in [0.2, 0.25) is 0 Å². The van der Waals surface area contributed by atoms with Gasteiger partial charge in [0, 0.05) is 40.9 Å². The number of aromatic nitrogens is 2. The number of likely N-dealkylation sites (tertiary alicyclic amines) is 1. The first kappa shape index (κ1) is 26.9. The minimum absolute atomic E-state index is 0.0135.